The standard InChI is InChI=1S/C26H16F8N2O5S2/c27-18-10-16(11-19(28)14-18)15-4-9-23(35-43(39,40)22-3-1-2-17(13-22)25(29,30)31)24(12-15)36-42(37,38)21-7-5-20(6-8-21)41-26(32,33)34/h1-14,35-36H. The van der Waals surface area contributed by atoms with Crippen molar-refractivity contribution in [2.75, 3.05) is 9.44 Å². The molecule has 2 N–H and O–H groups in total. The van der Waals surface area contributed by atoms with Crippen molar-refractivity contribution >= 4 is 31.4 Å². The lowest BCUT2D eigenvalue weighted by atomic mass is 10.0. The number of halogens is 8. The quantitative estimate of drug-likeness (QED) is 0.197. The molecule has 0 heterocycles. The van der Waals surface area contributed by atoms with Crippen LogP contribution >= 0.6 is 0 Å². The van der Waals surface area contributed by atoms with Gasteiger partial charge < -0.3 is 4.74 Å². The van der Waals surface area contributed by atoms with Crippen LogP contribution in [0.1, 0.15) is 5.56 Å². The minimum absolute atomic E-state index is 0.0213. The van der Waals surface area contributed by atoms with Gasteiger partial charge in [0.1, 0.15) is 17.4 Å². The monoisotopic (exact) mass is 652 g/mol. The minimum Gasteiger partial charge on any atom is -0.406 e. The van der Waals surface area contributed by atoms with Crippen LogP contribution in [0.4, 0.5) is 46.5 Å². The fraction of sp³-hybridized carbons (Fsp3) is 0.0769. The number of sulfonamides is 2. The van der Waals surface area contributed by atoms with Crippen molar-refractivity contribution in [2.45, 2.75) is 22.3 Å². The maximum Gasteiger partial charge on any atom is 0.573 e. The van der Waals surface area contributed by atoms with Crippen molar-refractivity contribution in [2.24, 2.45) is 0 Å². The maximum absolute atomic E-state index is 13.8. The van der Waals surface area contributed by atoms with E-state index in [-0.39, 0.29) is 11.1 Å². The van der Waals surface area contributed by atoms with E-state index >= 15 is 0 Å². The molecule has 0 amide bonds. The van der Waals surface area contributed by atoms with Gasteiger partial charge in [-0.05, 0) is 77.9 Å². The Hall–Kier alpha value is -4.38. The summed E-state index contributed by atoms with van der Waals surface area (Å²) in [5, 5.41) is 0. The molecule has 0 unspecified atom stereocenters. The van der Waals surface area contributed by atoms with Gasteiger partial charge in [0, 0.05) is 6.07 Å². The molecular weight excluding hydrogens is 636 g/mol. The number of ether oxygens (including phenoxy) is 1. The number of benzene rings is 4. The second kappa shape index (κ2) is 11.4. The first-order valence-corrected chi connectivity index (χ1v) is 14.5. The lowest BCUT2D eigenvalue weighted by molar-refractivity contribution is -0.274. The van der Waals surface area contributed by atoms with Crippen LogP contribution in [0.5, 0.6) is 5.75 Å². The highest BCUT2D eigenvalue weighted by molar-refractivity contribution is 7.93. The van der Waals surface area contributed by atoms with Gasteiger partial charge >= 0.3 is 12.5 Å². The van der Waals surface area contributed by atoms with Crippen molar-refractivity contribution < 1.29 is 56.7 Å². The third-order valence-corrected chi connectivity index (χ3v) is 8.29. The molecule has 0 saturated heterocycles. The van der Waals surface area contributed by atoms with E-state index in [2.05, 4.69) is 4.74 Å². The summed E-state index contributed by atoms with van der Waals surface area (Å²) in [5.74, 6) is -2.73. The molecule has 0 atom stereocenters. The van der Waals surface area contributed by atoms with Crippen LogP contribution in [0.3, 0.4) is 0 Å². The van der Waals surface area contributed by atoms with Gasteiger partial charge in [0.2, 0.25) is 0 Å². The summed E-state index contributed by atoms with van der Waals surface area (Å²) >= 11 is 0. The average Bonchev–Trinajstić information content (AvgIpc) is 2.88. The number of hydrogen-bond donors (Lipinski definition) is 2. The number of nitrogens with one attached hydrogen (secondary N) is 2. The normalized spacial score (nSPS) is 12.6. The molecule has 43 heavy (non-hydrogen) atoms. The predicted molar refractivity (Wildman–Crippen MR) is 138 cm³/mol. The zero-order valence-electron chi connectivity index (χ0n) is 21.0. The van der Waals surface area contributed by atoms with Crippen LogP contribution < -0.4 is 14.2 Å². The molecule has 4 aromatic rings. The lowest BCUT2D eigenvalue weighted by Gasteiger charge is -2.17. The van der Waals surface area contributed by atoms with Crippen molar-refractivity contribution in [3.05, 3.63) is 102 Å². The fourth-order valence-corrected chi connectivity index (χ4v) is 5.88. The summed E-state index contributed by atoms with van der Waals surface area (Å²) in [5.41, 5.74) is -2.46. The van der Waals surface area contributed by atoms with E-state index in [1.165, 1.54) is 0 Å². The summed E-state index contributed by atoms with van der Waals surface area (Å²) in [4.78, 5) is -1.43. The Bertz CT molecular complexity index is 1860. The second-order valence-electron chi connectivity index (χ2n) is 8.67. The molecular formula is C26H16F8N2O5S2. The summed E-state index contributed by atoms with van der Waals surface area (Å²) in [6, 6.07) is 11.1. The largest absolute Gasteiger partial charge is 0.573 e. The third kappa shape index (κ3) is 7.92. The molecule has 4 rings (SSSR count). The van der Waals surface area contributed by atoms with E-state index in [0.717, 1.165) is 54.6 Å². The van der Waals surface area contributed by atoms with E-state index in [1.54, 1.807) is 0 Å². The summed E-state index contributed by atoms with van der Waals surface area (Å²) in [7, 11) is -9.46. The molecule has 0 aliphatic rings. The van der Waals surface area contributed by atoms with Gasteiger partial charge in [0.15, 0.2) is 0 Å². The van der Waals surface area contributed by atoms with Gasteiger partial charge in [0.05, 0.1) is 26.7 Å². The molecule has 0 aliphatic carbocycles. The second-order valence-corrected chi connectivity index (χ2v) is 12.0. The Morgan fingerprint density at radius 3 is 1.74 bits per heavy atom. The van der Waals surface area contributed by atoms with E-state index in [1.807, 2.05) is 9.44 Å². The van der Waals surface area contributed by atoms with Crippen LogP contribution in [-0.2, 0) is 26.2 Å². The molecule has 0 radical (unpaired) electrons. The van der Waals surface area contributed by atoms with Crippen LogP contribution in [0.25, 0.3) is 11.1 Å². The summed E-state index contributed by atoms with van der Waals surface area (Å²) in [6.45, 7) is 0. The minimum atomic E-state index is -5.05. The molecule has 4 aromatic carbocycles. The Morgan fingerprint density at radius 1 is 0.581 bits per heavy atom. The number of hydrogen-bond acceptors (Lipinski definition) is 5. The first-order chi connectivity index (χ1) is 19.8. The third-order valence-electron chi connectivity index (χ3n) is 5.54. The van der Waals surface area contributed by atoms with E-state index in [0.29, 0.717) is 30.3 Å². The Kier molecular flexibility index (Phi) is 8.34. The first-order valence-electron chi connectivity index (χ1n) is 11.5. The Morgan fingerprint density at radius 2 is 1.16 bits per heavy atom. The van der Waals surface area contributed by atoms with Gasteiger partial charge in [-0.25, -0.2) is 25.6 Å². The van der Waals surface area contributed by atoms with E-state index in [4.69, 9.17) is 0 Å². The zero-order valence-corrected chi connectivity index (χ0v) is 22.6. The molecule has 0 saturated carbocycles. The van der Waals surface area contributed by atoms with Gasteiger partial charge in [0.25, 0.3) is 20.0 Å². The topological polar surface area (TPSA) is 102 Å². The SMILES string of the molecule is O=S(=O)(Nc1ccc(-c2cc(F)cc(F)c2)cc1NS(=O)(=O)c1ccc(OC(F)(F)F)cc1)c1cccc(C(F)(F)F)c1. The summed E-state index contributed by atoms with van der Waals surface area (Å²) in [6.07, 6.45) is -9.93. The Labute approximate surface area is 238 Å². The van der Waals surface area contributed by atoms with Gasteiger partial charge in [-0.3, -0.25) is 9.44 Å². The highest BCUT2D eigenvalue weighted by Gasteiger charge is 2.32. The van der Waals surface area contributed by atoms with Crippen molar-refractivity contribution in [1.82, 2.24) is 0 Å². The van der Waals surface area contributed by atoms with Crippen LogP contribution in [-0.4, -0.2) is 23.2 Å². The van der Waals surface area contributed by atoms with Gasteiger partial charge in [-0.2, -0.15) is 13.2 Å². The van der Waals surface area contributed by atoms with Crippen LogP contribution in [0.15, 0.2) is 94.7 Å². The number of rotatable bonds is 8. The molecule has 0 spiro atoms. The van der Waals surface area contributed by atoms with Crippen molar-refractivity contribution in [3.63, 3.8) is 0 Å². The Balaban J connectivity index is 1.76. The molecule has 0 aliphatic heterocycles. The lowest BCUT2D eigenvalue weighted by Crippen LogP contribution is -2.19. The van der Waals surface area contributed by atoms with E-state index in [9.17, 15) is 52.0 Å². The van der Waals surface area contributed by atoms with Crippen molar-refractivity contribution in [1.29, 1.82) is 0 Å². The van der Waals surface area contributed by atoms with Gasteiger partial charge in [-0.1, -0.05) is 12.1 Å². The number of alkyl halides is 6. The highest BCUT2D eigenvalue weighted by atomic mass is 32.2. The molecule has 228 valence electrons. The molecule has 0 fully saturated rings. The van der Waals surface area contributed by atoms with Crippen molar-refractivity contribution in [3.8, 4) is 16.9 Å². The predicted octanol–water partition coefficient (Wildman–Crippen LogP) is 7.15. The molecule has 0 aromatic heterocycles. The average molecular weight is 653 g/mol. The summed E-state index contributed by atoms with van der Waals surface area (Å²) < 4.78 is 164. The highest BCUT2D eigenvalue weighted by Crippen LogP contribution is 2.35. The molecule has 17 heteroatoms. The molecule has 7 nitrogen and oxygen atoms in total. The number of anilines is 2. The van der Waals surface area contributed by atoms with Crippen LogP contribution in [0.2, 0.25) is 0 Å². The maximum atomic E-state index is 13.8. The smallest absolute Gasteiger partial charge is 0.406 e. The fourth-order valence-electron chi connectivity index (χ4n) is 3.69. The van der Waals surface area contributed by atoms with E-state index < -0.39 is 76.7 Å². The zero-order chi connectivity index (χ0) is 31.8. The van der Waals surface area contributed by atoms with Gasteiger partial charge in [-0.15, -0.1) is 13.2 Å². The first kappa shape index (κ1) is 31.6. The van der Waals surface area contributed by atoms with Crippen LogP contribution in [0, 0.1) is 11.6 Å². The molecule has 0 bridgehead atoms.